The molecule has 0 amide bonds. The Bertz CT molecular complexity index is 448. The Morgan fingerprint density at radius 1 is 1.53 bits per heavy atom. The van der Waals surface area contributed by atoms with Gasteiger partial charge in [0, 0.05) is 22.1 Å². The zero-order chi connectivity index (χ0) is 14.4. The molecule has 1 unspecified atom stereocenters. The van der Waals surface area contributed by atoms with Gasteiger partial charge in [0.2, 0.25) is 0 Å². The van der Waals surface area contributed by atoms with Gasteiger partial charge in [-0.15, -0.1) is 0 Å². The molecule has 0 aromatic heterocycles. The second-order valence-corrected chi connectivity index (χ2v) is 5.06. The molecule has 0 heterocycles. The van der Waals surface area contributed by atoms with Crippen LogP contribution in [0.15, 0.2) is 18.2 Å². The van der Waals surface area contributed by atoms with Gasteiger partial charge >= 0.3 is 12.6 Å². The lowest BCUT2D eigenvalue weighted by molar-refractivity contribution is -0.137. The van der Waals surface area contributed by atoms with Crippen molar-refractivity contribution < 1.29 is 23.4 Å². The van der Waals surface area contributed by atoms with Gasteiger partial charge in [-0.3, -0.25) is 4.79 Å². The number of carbonyl (C=O) groups is 1. The van der Waals surface area contributed by atoms with Crippen molar-refractivity contribution in [3.63, 3.8) is 0 Å². The lowest BCUT2D eigenvalue weighted by Crippen LogP contribution is -2.32. The molecular formula is C11H12ClF2NO3S. The normalized spacial score (nSPS) is 12.5. The van der Waals surface area contributed by atoms with Gasteiger partial charge in [0.15, 0.2) is 0 Å². The zero-order valence-electron chi connectivity index (χ0n) is 9.68. The van der Waals surface area contributed by atoms with E-state index in [1.807, 2.05) is 0 Å². The van der Waals surface area contributed by atoms with E-state index >= 15 is 0 Å². The van der Waals surface area contributed by atoms with Crippen molar-refractivity contribution in [1.82, 2.24) is 0 Å². The quantitative estimate of drug-likeness (QED) is 0.809. The maximum atomic E-state index is 12.2. The summed E-state index contributed by atoms with van der Waals surface area (Å²) in [4.78, 5) is 10.5. The van der Waals surface area contributed by atoms with E-state index in [0.29, 0.717) is 10.6 Å². The molecule has 0 aliphatic heterocycles. The molecule has 0 spiro atoms. The molecule has 0 bridgehead atoms. The van der Waals surface area contributed by atoms with Gasteiger partial charge in [-0.2, -0.15) is 20.5 Å². The second kappa shape index (κ2) is 7.52. The minimum absolute atomic E-state index is 0.0239. The Hall–Kier alpha value is -1.05. The predicted molar refractivity (Wildman–Crippen MR) is 69.9 cm³/mol. The Morgan fingerprint density at radius 2 is 2.21 bits per heavy atom. The molecule has 0 radical (unpaired) electrons. The summed E-state index contributed by atoms with van der Waals surface area (Å²) in [5.41, 5.74) is 5.80. The van der Waals surface area contributed by atoms with Crippen molar-refractivity contribution in [3.05, 3.63) is 28.8 Å². The monoisotopic (exact) mass is 311 g/mol. The summed E-state index contributed by atoms with van der Waals surface area (Å²) in [7, 11) is 0. The third-order valence-electron chi connectivity index (χ3n) is 2.11. The van der Waals surface area contributed by atoms with Crippen LogP contribution < -0.4 is 10.5 Å². The lowest BCUT2D eigenvalue weighted by atomic mass is 10.2. The number of carboxylic acid groups (broad SMARTS) is 1. The van der Waals surface area contributed by atoms with E-state index in [-0.39, 0.29) is 17.3 Å². The molecule has 8 heteroatoms. The molecule has 4 nitrogen and oxygen atoms in total. The van der Waals surface area contributed by atoms with Gasteiger partial charge in [-0.1, -0.05) is 11.6 Å². The number of ether oxygens (including phenoxy) is 1. The van der Waals surface area contributed by atoms with E-state index in [2.05, 4.69) is 4.74 Å². The number of nitrogens with two attached hydrogens (primary N) is 1. The van der Waals surface area contributed by atoms with Crippen LogP contribution in [-0.2, 0) is 10.5 Å². The van der Waals surface area contributed by atoms with E-state index in [1.54, 1.807) is 0 Å². The van der Waals surface area contributed by atoms with E-state index in [0.717, 1.165) is 0 Å². The molecule has 0 fully saturated rings. The van der Waals surface area contributed by atoms with Crippen molar-refractivity contribution in [3.8, 4) is 5.75 Å². The maximum Gasteiger partial charge on any atom is 0.387 e. The van der Waals surface area contributed by atoms with Gasteiger partial charge in [0.25, 0.3) is 0 Å². The van der Waals surface area contributed by atoms with Crippen molar-refractivity contribution in [2.45, 2.75) is 18.4 Å². The Morgan fingerprint density at radius 3 is 2.79 bits per heavy atom. The van der Waals surface area contributed by atoms with Gasteiger partial charge in [-0.25, -0.2) is 0 Å². The van der Waals surface area contributed by atoms with Crippen LogP contribution in [0.1, 0.15) is 5.56 Å². The molecule has 1 aromatic rings. The molecule has 3 N–H and O–H groups in total. The average molecular weight is 312 g/mol. The summed E-state index contributed by atoms with van der Waals surface area (Å²) in [6, 6.07) is 3.29. The minimum Gasteiger partial charge on any atom is -0.480 e. The summed E-state index contributed by atoms with van der Waals surface area (Å²) in [6.07, 6.45) is 0. The van der Waals surface area contributed by atoms with Gasteiger partial charge < -0.3 is 15.6 Å². The molecular weight excluding hydrogens is 300 g/mol. The van der Waals surface area contributed by atoms with Gasteiger partial charge in [0.05, 0.1) is 0 Å². The van der Waals surface area contributed by atoms with Crippen molar-refractivity contribution >= 4 is 29.3 Å². The first kappa shape index (κ1) is 16.0. The van der Waals surface area contributed by atoms with E-state index in [4.69, 9.17) is 22.4 Å². The van der Waals surface area contributed by atoms with E-state index in [9.17, 15) is 13.6 Å². The van der Waals surface area contributed by atoms with Crippen LogP contribution in [0.4, 0.5) is 8.78 Å². The molecule has 1 atom stereocenters. The van der Waals surface area contributed by atoms with Crippen LogP contribution in [0, 0.1) is 0 Å². The fourth-order valence-corrected chi connectivity index (χ4v) is 2.39. The highest BCUT2D eigenvalue weighted by molar-refractivity contribution is 7.98. The number of thioether (sulfide) groups is 1. The molecule has 0 aliphatic rings. The van der Waals surface area contributed by atoms with Crippen LogP contribution >= 0.6 is 23.4 Å². The molecule has 0 saturated heterocycles. The number of hydrogen-bond acceptors (Lipinski definition) is 4. The summed E-state index contributed by atoms with van der Waals surface area (Å²) in [5.74, 6) is -0.641. The first-order valence-electron chi connectivity index (χ1n) is 5.19. The van der Waals surface area contributed by atoms with Crippen molar-refractivity contribution in [2.75, 3.05) is 5.75 Å². The Labute approximate surface area is 117 Å². The summed E-state index contributed by atoms with van der Waals surface area (Å²) in [6.45, 7) is -2.92. The second-order valence-electron chi connectivity index (χ2n) is 3.59. The van der Waals surface area contributed by atoms with Crippen LogP contribution in [-0.4, -0.2) is 29.5 Å². The minimum atomic E-state index is -2.92. The number of benzene rings is 1. The van der Waals surface area contributed by atoms with Crippen LogP contribution in [0.2, 0.25) is 5.02 Å². The molecule has 0 saturated carbocycles. The van der Waals surface area contributed by atoms with Gasteiger partial charge in [-0.05, 0) is 18.2 Å². The van der Waals surface area contributed by atoms with Crippen molar-refractivity contribution in [1.29, 1.82) is 0 Å². The summed E-state index contributed by atoms with van der Waals surface area (Å²) >= 11 is 6.98. The van der Waals surface area contributed by atoms with Crippen LogP contribution in [0.5, 0.6) is 5.75 Å². The summed E-state index contributed by atoms with van der Waals surface area (Å²) in [5, 5.41) is 9.00. The van der Waals surface area contributed by atoms with Crippen molar-refractivity contribution in [2.24, 2.45) is 5.73 Å². The number of carboxylic acids is 1. The Kier molecular flexibility index (Phi) is 6.33. The number of halogens is 3. The number of rotatable bonds is 7. The molecule has 19 heavy (non-hydrogen) atoms. The van der Waals surface area contributed by atoms with E-state index in [1.165, 1.54) is 30.0 Å². The number of hydrogen-bond donors (Lipinski definition) is 2. The van der Waals surface area contributed by atoms with Gasteiger partial charge in [0.1, 0.15) is 11.8 Å². The molecule has 1 rings (SSSR count). The zero-order valence-corrected chi connectivity index (χ0v) is 11.3. The third-order valence-corrected chi connectivity index (χ3v) is 3.46. The first-order chi connectivity index (χ1) is 8.90. The molecule has 0 aliphatic carbocycles. The number of aliphatic carboxylic acids is 1. The SMILES string of the molecule is NC(CSCc1cc(Cl)ccc1OC(F)F)C(=O)O. The smallest absolute Gasteiger partial charge is 0.387 e. The summed E-state index contributed by atoms with van der Waals surface area (Å²) < 4.78 is 28.7. The third kappa shape index (κ3) is 5.63. The van der Waals surface area contributed by atoms with Crippen LogP contribution in [0.3, 0.4) is 0 Å². The topological polar surface area (TPSA) is 72.5 Å². The largest absolute Gasteiger partial charge is 0.480 e. The fourth-order valence-electron chi connectivity index (χ4n) is 1.24. The fraction of sp³-hybridized carbons (Fsp3) is 0.364. The molecule has 106 valence electrons. The highest BCUT2D eigenvalue weighted by Gasteiger charge is 2.14. The molecule has 1 aromatic carbocycles. The first-order valence-corrected chi connectivity index (χ1v) is 6.72. The predicted octanol–water partition coefficient (Wildman–Crippen LogP) is 2.59. The highest BCUT2D eigenvalue weighted by atomic mass is 35.5. The van der Waals surface area contributed by atoms with Crippen LogP contribution in [0.25, 0.3) is 0 Å². The average Bonchev–Trinajstić information content (AvgIpc) is 2.31. The highest BCUT2D eigenvalue weighted by Crippen LogP contribution is 2.28. The Balaban J connectivity index is 2.65. The standard InChI is InChI=1S/C11H12ClF2NO3S/c12-7-1-2-9(18-11(13)14)6(3-7)4-19-5-8(15)10(16)17/h1-3,8,11H,4-5,15H2,(H,16,17). The maximum absolute atomic E-state index is 12.2. The lowest BCUT2D eigenvalue weighted by Gasteiger charge is -2.11. The van der Waals surface area contributed by atoms with E-state index < -0.39 is 18.6 Å². The number of alkyl halides is 2.